The van der Waals surface area contributed by atoms with Gasteiger partial charge in [0.15, 0.2) is 11.8 Å². The molecule has 0 aliphatic carbocycles. The van der Waals surface area contributed by atoms with Gasteiger partial charge in [-0.3, -0.25) is 9.59 Å². The summed E-state index contributed by atoms with van der Waals surface area (Å²) in [6.45, 7) is 5.93. The highest BCUT2D eigenvalue weighted by Crippen LogP contribution is 2.19. The first-order valence-corrected chi connectivity index (χ1v) is 10.6. The number of furan rings is 1. The standard InChI is InChI=1S/C25H27N3O3/c1-17-7-5-8-18(2)23(17)27-25(30)24(29)26-15-21(22-11-6-14-31-22)28-13-12-19-9-3-4-10-20(19)16-28/h3-11,14,21H,12-13,15-16H2,1-2H3,(H,26,29)(H,27,30)/p+1/t21-/m0/s1. The van der Waals surface area contributed by atoms with Gasteiger partial charge in [-0.25, -0.2) is 0 Å². The molecule has 0 spiro atoms. The lowest BCUT2D eigenvalue weighted by atomic mass is 9.98. The summed E-state index contributed by atoms with van der Waals surface area (Å²) in [5, 5.41) is 5.57. The smallest absolute Gasteiger partial charge is 0.313 e. The van der Waals surface area contributed by atoms with E-state index in [0.29, 0.717) is 12.2 Å². The SMILES string of the molecule is Cc1cccc(C)c1NC(=O)C(=O)NC[C@@H](c1ccco1)[NH+]1CCc2ccccc2C1. The maximum absolute atomic E-state index is 12.6. The van der Waals surface area contributed by atoms with Gasteiger partial charge in [-0.15, -0.1) is 0 Å². The molecule has 4 rings (SSSR count). The van der Waals surface area contributed by atoms with Crippen molar-refractivity contribution >= 4 is 17.5 Å². The first-order valence-electron chi connectivity index (χ1n) is 10.6. The van der Waals surface area contributed by atoms with E-state index in [1.165, 1.54) is 16.0 Å². The van der Waals surface area contributed by atoms with Crippen LogP contribution in [0.15, 0.2) is 65.3 Å². The van der Waals surface area contributed by atoms with Crippen molar-refractivity contribution < 1.29 is 18.9 Å². The average molecular weight is 419 g/mol. The van der Waals surface area contributed by atoms with Crippen molar-refractivity contribution in [2.75, 3.05) is 18.4 Å². The summed E-state index contributed by atoms with van der Waals surface area (Å²) in [7, 11) is 0. The molecule has 1 aliphatic rings. The van der Waals surface area contributed by atoms with Crippen molar-refractivity contribution in [2.24, 2.45) is 0 Å². The summed E-state index contributed by atoms with van der Waals surface area (Å²) in [4.78, 5) is 26.4. The fraction of sp³-hybridized carbons (Fsp3) is 0.280. The van der Waals surface area contributed by atoms with Crippen molar-refractivity contribution in [1.82, 2.24) is 5.32 Å². The number of hydrogen-bond acceptors (Lipinski definition) is 3. The van der Waals surface area contributed by atoms with Gasteiger partial charge in [-0.05, 0) is 42.7 Å². The molecule has 2 atom stereocenters. The predicted octanol–water partition coefficient (Wildman–Crippen LogP) is 2.33. The zero-order chi connectivity index (χ0) is 21.8. The molecule has 6 nitrogen and oxygen atoms in total. The first-order chi connectivity index (χ1) is 15.0. The number of amides is 2. The van der Waals surface area contributed by atoms with Gasteiger partial charge >= 0.3 is 11.8 Å². The van der Waals surface area contributed by atoms with Crippen LogP contribution in [-0.2, 0) is 22.6 Å². The van der Waals surface area contributed by atoms with E-state index in [1.54, 1.807) is 6.26 Å². The van der Waals surface area contributed by atoms with E-state index in [0.717, 1.165) is 36.4 Å². The molecule has 3 N–H and O–H groups in total. The maximum Gasteiger partial charge on any atom is 0.313 e. The van der Waals surface area contributed by atoms with Gasteiger partial charge in [0.2, 0.25) is 0 Å². The van der Waals surface area contributed by atoms with Crippen LogP contribution in [-0.4, -0.2) is 24.9 Å². The van der Waals surface area contributed by atoms with Gasteiger partial charge in [0.05, 0.1) is 19.4 Å². The van der Waals surface area contributed by atoms with Crippen LogP contribution in [0.4, 0.5) is 5.69 Å². The number of hydrogen-bond donors (Lipinski definition) is 3. The second-order valence-corrected chi connectivity index (χ2v) is 8.10. The topological polar surface area (TPSA) is 75.8 Å². The van der Waals surface area contributed by atoms with E-state index < -0.39 is 11.8 Å². The molecular weight excluding hydrogens is 390 g/mol. The molecule has 160 valence electrons. The summed E-state index contributed by atoms with van der Waals surface area (Å²) in [6, 6.07) is 17.9. The Morgan fingerprint density at radius 1 is 0.968 bits per heavy atom. The molecule has 0 radical (unpaired) electrons. The molecule has 2 heterocycles. The normalized spacial score (nSPS) is 16.3. The molecule has 6 heteroatoms. The van der Waals surface area contributed by atoms with Crippen molar-refractivity contribution in [3.8, 4) is 0 Å². The maximum atomic E-state index is 12.6. The minimum absolute atomic E-state index is 0.0692. The third kappa shape index (κ3) is 4.70. The number of aryl methyl sites for hydroxylation is 2. The third-order valence-electron chi connectivity index (χ3n) is 6.02. The zero-order valence-corrected chi connectivity index (χ0v) is 17.9. The summed E-state index contributed by atoms with van der Waals surface area (Å²) in [6.07, 6.45) is 2.62. The number of anilines is 1. The number of rotatable bonds is 5. The lowest BCUT2D eigenvalue weighted by Crippen LogP contribution is -3.12. The van der Waals surface area contributed by atoms with Gasteiger partial charge in [0, 0.05) is 17.7 Å². The van der Waals surface area contributed by atoms with Crippen LogP contribution in [0.25, 0.3) is 0 Å². The zero-order valence-electron chi connectivity index (χ0n) is 17.9. The quantitative estimate of drug-likeness (QED) is 0.557. The highest BCUT2D eigenvalue weighted by Gasteiger charge is 2.31. The van der Waals surface area contributed by atoms with Crippen molar-refractivity contribution in [2.45, 2.75) is 32.9 Å². The Hall–Kier alpha value is -3.38. The van der Waals surface area contributed by atoms with Crippen LogP contribution in [0.1, 0.15) is 34.1 Å². The molecule has 2 amide bonds. The lowest BCUT2D eigenvalue weighted by molar-refractivity contribution is -0.946. The van der Waals surface area contributed by atoms with Gasteiger partial charge in [0.25, 0.3) is 0 Å². The fourth-order valence-corrected chi connectivity index (χ4v) is 4.29. The van der Waals surface area contributed by atoms with Crippen molar-refractivity contribution in [3.63, 3.8) is 0 Å². The molecule has 3 aromatic rings. The lowest BCUT2D eigenvalue weighted by Gasteiger charge is -2.31. The molecule has 0 saturated heterocycles. The summed E-state index contributed by atoms with van der Waals surface area (Å²) in [5.41, 5.74) is 5.22. The largest absolute Gasteiger partial charge is 0.463 e. The van der Waals surface area contributed by atoms with E-state index in [1.807, 2.05) is 44.2 Å². The summed E-state index contributed by atoms with van der Waals surface area (Å²) in [5.74, 6) is -0.490. The Labute approximate surface area is 182 Å². The number of carbonyl (C=O) groups excluding carboxylic acids is 2. The average Bonchev–Trinajstić information content (AvgIpc) is 3.30. The molecule has 1 aliphatic heterocycles. The van der Waals surface area contributed by atoms with Crippen LogP contribution < -0.4 is 15.5 Å². The van der Waals surface area contributed by atoms with Crippen LogP contribution in [0.3, 0.4) is 0 Å². The molecule has 0 saturated carbocycles. The second kappa shape index (κ2) is 9.18. The third-order valence-corrected chi connectivity index (χ3v) is 6.02. The summed E-state index contributed by atoms with van der Waals surface area (Å²) < 4.78 is 5.68. The summed E-state index contributed by atoms with van der Waals surface area (Å²) >= 11 is 0. The molecule has 2 aromatic carbocycles. The molecule has 31 heavy (non-hydrogen) atoms. The minimum atomic E-state index is -0.658. The number of benzene rings is 2. The molecule has 0 bridgehead atoms. The molecule has 1 aromatic heterocycles. The van der Waals surface area contributed by atoms with E-state index in [4.69, 9.17) is 4.42 Å². The Morgan fingerprint density at radius 3 is 2.42 bits per heavy atom. The Morgan fingerprint density at radius 2 is 1.71 bits per heavy atom. The minimum Gasteiger partial charge on any atom is -0.463 e. The van der Waals surface area contributed by atoms with E-state index in [2.05, 4.69) is 34.9 Å². The van der Waals surface area contributed by atoms with Crippen molar-refractivity contribution in [1.29, 1.82) is 0 Å². The van der Waals surface area contributed by atoms with Gasteiger partial charge in [-0.1, -0.05) is 42.5 Å². The number of nitrogens with one attached hydrogen (secondary N) is 3. The van der Waals surface area contributed by atoms with E-state index >= 15 is 0 Å². The van der Waals surface area contributed by atoms with Crippen LogP contribution in [0.5, 0.6) is 0 Å². The Balaban J connectivity index is 1.44. The van der Waals surface area contributed by atoms with Crippen LogP contribution in [0, 0.1) is 13.8 Å². The van der Waals surface area contributed by atoms with Gasteiger partial charge < -0.3 is 20.0 Å². The van der Waals surface area contributed by atoms with Gasteiger partial charge in [0.1, 0.15) is 6.54 Å². The Bertz CT molecular complexity index is 1060. The number of carbonyl (C=O) groups is 2. The molecular formula is C25H28N3O3+. The number of para-hydroxylation sites is 1. The predicted molar refractivity (Wildman–Crippen MR) is 119 cm³/mol. The highest BCUT2D eigenvalue weighted by atomic mass is 16.3. The van der Waals surface area contributed by atoms with E-state index in [9.17, 15) is 9.59 Å². The monoisotopic (exact) mass is 418 g/mol. The fourth-order valence-electron chi connectivity index (χ4n) is 4.29. The van der Waals surface area contributed by atoms with E-state index in [-0.39, 0.29) is 6.04 Å². The van der Waals surface area contributed by atoms with Crippen LogP contribution >= 0.6 is 0 Å². The second-order valence-electron chi connectivity index (χ2n) is 8.10. The Kier molecular flexibility index (Phi) is 6.18. The number of quaternary nitrogens is 1. The molecule has 0 fully saturated rings. The molecule has 1 unspecified atom stereocenters. The first kappa shape index (κ1) is 20.9. The van der Waals surface area contributed by atoms with Crippen molar-refractivity contribution in [3.05, 3.63) is 88.9 Å². The van der Waals surface area contributed by atoms with Gasteiger partial charge in [-0.2, -0.15) is 0 Å². The number of fused-ring (bicyclic) bond motifs is 1. The highest BCUT2D eigenvalue weighted by molar-refractivity contribution is 6.39. The van der Waals surface area contributed by atoms with Crippen LogP contribution in [0.2, 0.25) is 0 Å².